The molecule has 0 bridgehead atoms. The van der Waals surface area contributed by atoms with Gasteiger partial charge in [0.25, 0.3) is 0 Å². The Hall–Kier alpha value is -1.92. The molecule has 1 saturated heterocycles. The predicted octanol–water partition coefficient (Wildman–Crippen LogP) is 6.89. The van der Waals surface area contributed by atoms with Crippen LogP contribution in [0, 0.1) is 13.8 Å². The van der Waals surface area contributed by atoms with E-state index in [4.69, 9.17) is 0 Å². The molecule has 1 fully saturated rings. The summed E-state index contributed by atoms with van der Waals surface area (Å²) in [6, 6.07) is 5.95. The summed E-state index contributed by atoms with van der Waals surface area (Å²) in [7, 11) is 13.0. The van der Waals surface area contributed by atoms with Gasteiger partial charge in [0, 0.05) is 51.7 Å². The Morgan fingerprint density at radius 3 is 0.919 bits per heavy atom. The van der Waals surface area contributed by atoms with Gasteiger partial charge >= 0.3 is 0 Å². The van der Waals surface area contributed by atoms with E-state index in [1.54, 1.807) is 0 Å². The number of allylic oxidation sites excluding steroid dienone is 2. The van der Waals surface area contributed by atoms with Crippen molar-refractivity contribution in [2.75, 3.05) is 52.1 Å². The molecule has 0 amide bonds. The number of hydrogen-bond acceptors (Lipinski definition) is 6. The van der Waals surface area contributed by atoms with E-state index in [9.17, 15) is 0 Å². The quantitative estimate of drug-likeness (QED) is 0.368. The summed E-state index contributed by atoms with van der Waals surface area (Å²) in [4.78, 5) is 14.0. The molecule has 37 heavy (non-hydrogen) atoms. The first-order valence-electron chi connectivity index (χ1n) is 12.8. The zero-order chi connectivity index (χ0) is 26.2. The van der Waals surface area contributed by atoms with Crippen LogP contribution in [0.5, 0.6) is 0 Å². The number of hydrogen-bond donors (Lipinski definition) is 0. The van der Waals surface area contributed by atoms with Gasteiger partial charge < -0.3 is 19.6 Å². The molecule has 0 aliphatic carbocycles. The molecule has 0 saturated carbocycles. The van der Waals surface area contributed by atoms with Gasteiger partial charge in [0.15, 0.2) is 0 Å². The molecule has 0 aromatic heterocycles. The Bertz CT molecular complexity index is 783. The van der Waals surface area contributed by atoms with Crippen molar-refractivity contribution in [3.05, 3.63) is 34.7 Å². The fraction of sp³-hybridized carbons (Fsp3) is 0.742. The Balaban J connectivity index is 0. The fourth-order valence-electron chi connectivity index (χ4n) is 4.99. The van der Waals surface area contributed by atoms with Crippen LogP contribution in [0.1, 0.15) is 81.9 Å². The number of rotatable bonds is 0. The van der Waals surface area contributed by atoms with Crippen molar-refractivity contribution in [2.45, 2.75) is 115 Å². The van der Waals surface area contributed by atoms with Gasteiger partial charge in [-0.1, -0.05) is 22.3 Å². The minimum atomic E-state index is 0. The van der Waals surface area contributed by atoms with Crippen LogP contribution < -0.4 is 9.80 Å². The molecule has 1 aromatic carbocycles. The van der Waals surface area contributed by atoms with Crippen LogP contribution in [0.3, 0.4) is 0 Å². The van der Waals surface area contributed by atoms with Crippen LogP contribution in [-0.4, -0.2) is 92.5 Å². The van der Waals surface area contributed by atoms with Crippen molar-refractivity contribution in [1.29, 1.82) is 0 Å². The van der Waals surface area contributed by atoms with Gasteiger partial charge in [-0.15, -0.1) is 0 Å². The van der Waals surface area contributed by atoms with Crippen LogP contribution in [-0.2, 0) is 0 Å². The van der Waals surface area contributed by atoms with E-state index in [-0.39, 0.29) is 22.3 Å². The molecule has 0 N–H and O–H groups in total. The van der Waals surface area contributed by atoms with Gasteiger partial charge in [-0.3, -0.25) is 9.80 Å². The first-order chi connectivity index (χ1) is 15.6. The Labute approximate surface area is 232 Å². The second-order valence-electron chi connectivity index (χ2n) is 10.7. The lowest BCUT2D eigenvalue weighted by Crippen LogP contribution is -2.35. The second-order valence-corrected chi connectivity index (χ2v) is 10.7. The monoisotopic (exact) mass is 521 g/mol. The molecular weight excluding hydrogens is 456 g/mol. The van der Waals surface area contributed by atoms with Crippen molar-refractivity contribution in [3.63, 3.8) is 0 Å². The Kier molecular flexibility index (Phi) is 14.4. The summed E-state index contributed by atoms with van der Waals surface area (Å²) >= 11 is 0. The lowest BCUT2D eigenvalue weighted by molar-refractivity contribution is 0.185. The standard InChI is InChI=1S/C12H18N2.C8H18N2.C8H16N2.3CH4/c1-8-6-11-12(7-9(8)2)14(5)10(3)13(11)4;2*1-6-7(2)10(5)8(3)9(6)4;;;/h6-7,10H,1-5H3;6-8H,1-5H3;8H,1-5H3;3*1H4. The first kappa shape index (κ1) is 37.2. The van der Waals surface area contributed by atoms with E-state index in [1.165, 1.54) is 33.9 Å². The number of benzene rings is 1. The highest BCUT2D eigenvalue weighted by molar-refractivity contribution is 5.78. The molecule has 6 heteroatoms. The average molecular weight is 521 g/mol. The summed E-state index contributed by atoms with van der Waals surface area (Å²) < 4.78 is 0. The molecule has 2 atom stereocenters. The first-order valence-corrected chi connectivity index (χ1v) is 12.8. The van der Waals surface area contributed by atoms with Gasteiger partial charge in [-0.2, -0.15) is 0 Å². The number of likely N-dealkylation sites (N-methyl/N-ethyl adjacent to an activating group) is 2. The summed E-state index contributed by atoms with van der Waals surface area (Å²) in [6.07, 6.45) is 1.59. The highest BCUT2D eigenvalue weighted by atomic mass is 15.4. The Morgan fingerprint density at radius 1 is 0.459 bits per heavy atom. The molecule has 4 rings (SSSR count). The lowest BCUT2D eigenvalue weighted by atomic mass is 10.1. The van der Waals surface area contributed by atoms with E-state index in [0.29, 0.717) is 30.6 Å². The highest BCUT2D eigenvalue weighted by Crippen LogP contribution is 2.39. The minimum Gasteiger partial charge on any atom is -0.357 e. The van der Waals surface area contributed by atoms with Crippen LogP contribution in [0.15, 0.2) is 23.5 Å². The third-order valence-electron chi connectivity index (χ3n) is 9.34. The number of nitrogens with zero attached hydrogens (tertiary/aromatic N) is 6. The van der Waals surface area contributed by atoms with Crippen LogP contribution in [0.4, 0.5) is 11.4 Å². The van der Waals surface area contributed by atoms with Crippen molar-refractivity contribution in [1.82, 2.24) is 19.6 Å². The average Bonchev–Trinajstić information content (AvgIpc) is 3.20. The van der Waals surface area contributed by atoms with E-state index in [1.807, 2.05) is 0 Å². The van der Waals surface area contributed by atoms with Crippen molar-refractivity contribution < 1.29 is 0 Å². The van der Waals surface area contributed by atoms with E-state index in [2.05, 4.69) is 146 Å². The van der Waals surface area contributed by atoms with Crippen LogP contribution in [0.25, 0.3) is 0 Å². The molecule has 1 aromatic rings. The number of fused-ring (bicyclic) bond motifs is 1. The van der Waals surface area contributed by atoms with Crippen LogP contribution >= 0.6 is 0 Å². The maximum Gasteiger partial charge on any atom is 0.0982 e. The maximum absolute atomic E-state index is 2.41. The van der Waals surface area contributed by atoms with E-state index >= 15 is 0 Å². The zero-order valence-electron chi connectivity index (χ0n) is 24.7. The van der Waals surface area contributed by atoms with Crippen molar-refractivity contribution in [2.24, 2.45) is 0 Å². The Morgan fingerprint density at radius 2 is 0.730 bits per heavy atom. The molecule has 6 nitrogen and oxygen atoms in total. The third-order valence-corrected chi connectivity index (χ3v) is 9.34. The van der Waals surface area contributed by atoms with Gasteiger partial charge in [0.2, 0.25) is 0 Å². The number of aryl methyl sites for hydroxylation is 2. The van der Waals surface area contributed by atoms with Gasteiger partial charge in [0.1, 0.15) is 0 Å². The van der Waals surface area contributed by atoms with Crippen LogP contribution in [0.2, 0.25) is 0 Å². The smallest absolute Gasteiger partial charge is 0.0982 e. The predicted molar refractivity (Wildman–Crippen MR) is 170 cm³/mol. The van der Waals surface area contributed by atoms with Crippen molar-refractivity contribution >= 4 is 11.4 Å². The summed E-state index contributed by atoms with van der Waals surface area (Å²) in [5, 5.41) is 0. The summed E-state index contributed by atoms with van der Waals surface area (Å²) in [5.41, 5.74) is 8.22. The van der Waals surface area contributed by atoms with Crippen molar-refractivity contribution in [3.8, 4) is 0 Å². The topological polar surface area (TPSA) is 19.4 Å². The summed E-state index contributed by atoms with van der Waals surface area (Å²) in [6.45, 7) is 19.9. The molecule has 3 heterocycles. The minimum absolute atomic E-state index is 0. The van der Waals surface area contributed by atoms with E-state index in [0.717, 1.165) is 0 Å². The maximum atomic E-state index is 2.41. The second kappa shape index (κ2) is 14.3. The molecule has 0 radical (unpaired) electrons. The van der Waals surface area contributed by atoms with Gasteiger partial charge in [-0.05, 0) is 99.7 Å². The van der Waals surface area contributed by atoms with Gasteiger partial charge in [0.05, 0.1) is 29.9 Å². The summed E-state index contributed by atoms with van der Waals surface area (Å²) in [5.74, 6) is 0. The molecule has 218 valence electrons. The fourth-order valence-corrected chi connectivity index (χ4v) is 4.99. The molecule has 3 aliphatic rings. The normalized spacial score (nSPS) is 24.0. The zero-order valence-corrected chi connectivity index (χ0v) is 24.7. The lowest BCUT2D eigenvalue weighted by Gasteiger charge is -2.25. The molecule has 3 aliphatic heterocycles. The largest absolute Gasteiger partial charge is 0.357 e. The SMILES string of the molecule is C.C.C.CC1=C(C)N(C)C(C)N1C.CC1C(C)N(C)C(C)N1C.Cc1cc2c(cc1C)N(C)C(C)N2C. The molecule has 2 unspecified atom stereocenters. The number of anilines is 2. The molecule has 0 spiro atoms. The molecular formula is C31H64N6. The van der Waals surface area contributed by atoms with E-state index < -0.39 is 0 Å². The van der Waals surface area contributed by atoms with Gasteiger partial charge in [-0.25, -0.2) is 0 Å². The third kappa shape index (κ3) is 7.14. The highest BCUT2D eigenvalue weighted by Gasteiger charge is 2.34.